The number of ether oxygens (including phenoxy) is 3. The van der Waals surface area contributed by atoms with E-state index in [1.54, 1.807) is 0 Å². The van der Waals surface area contributed by atoms with Crippen molar-refractivity contribution in [2.75, 3.05) is 26.4 Å². The molecule has 0 aromatic heterocycles. The van der Waals surface area contributed by atoms with Crippen LogP contribution in [0, 0.1) is 5.92 Å². The summed E-state index contributed by atoms with van der Waals surface area (Å²) in [6, 6.07) is 0.190. The van der Waals surface area contributed by atoms with E-state index in [0.717, 1.165) is 45.3 Å². The van der Waals surface area contributed by atoms with E-state index in [-0.39, 0.29) is 23.7 Å². The summed E-state index contributed by atoms with van der Waals surface area (Å²) < 4.78 is 17.1. The van der Waals surface area contributed by atoms with Crippen molar-refractivity contribution >= 4 is 5.91 Å². The topological polar surface area (TPSA) is 56.8 Å². The quantitative estimate of drug-likeness (QED) is 0.817. The van der Waals surface area contributed by atoms with Crippen molar-refractivity contribution in [1.82, 2.24) is 5.32 Å². The number of amides is 1. The molecule has 0 aliphatic carbocycles. The van der Waals surface area contributed by atoms with E-state index in [1.165, 1.54) is 0 Å². The molecular weight excluding hydrogens is 282 g/mol. The maximum Gasteiger partial charge on any atom is 0.249 e. The Morgan fingerprint density at radius 1 is 1.27 bits per heavy atom. The normalized spacial score (nSPS) is 26.1. The zero-order valence-corrected chi connectivity index (χ0v) is 14.2. The van der Waals surface area contributed by atoms with Crippen LogP contribution in [0.25, 0.3) is 0 Å². The summed E-state index contributed by atoms with van der Waals surface area (Å²) in [5.41, 5.74) is -0.0871. The molecule has 0 aromatic rings. The monoisotopic (exact) mass is 313 g/mol. The molecule has 5 nitrogen and oxygen atoms in total. The first kappa shape index (κ1) is 17.7. The highest BCUT2D eigenvalue weighted by molar-refractivity contribution is 5.80. The fourth-order valence-electron chi connectivity index (χ4n) is 3.12. The number of rotatable bonds is 6. The average Bonchev–Trinajstić information content (AvgIpc) is 2.47. The van der Waals surface area contributed by atoms with E-state index in [9.17, 15) is 4.79 Å². The molecule has 2 saturated heterocycles. The number of hydrogen-bond donors (Lipinski definition) is 1. The first-order valence-electron chi connectivity index (χ1n) is 8.64. The summed E-state index contributed by atoms with van der Waals surface area (Å²) in [5, 5.41) is 3.14. The summed E-state index contributed by atoms with van der Waals surface area (Å²) >= 11 is 0. The van der Waals surface area contributed by atoms with E-state index in [4.69, 9.17) is 14.2 Å². The highest BCUT2D eigenvalue weighted by Gasteiger charge is 2.39. The number of carbonyl (C=O) groups is 1. The molecule has 1 amide bonds. The van der Waals surface area contributed by atoms with Gasteiger partial charge in [0.25, 0.3) is 0 Å². The third kappa shape index (κ3) is 5.21. The van der Waals surface area contributed by atoms with Gasteiger partial charge in [0, 0.05) is 32.5 Å². The molecule has 1 N–H and O–H groups in total. The van der Waals surface area contributed by atoms with Crippen LogP contribution in [0.4, 0.5) is 0 Å². The zero-order valence-electron chi connectivity index (χ0n) is 14.2. The van der Waals surface area contributed by atoms with Crippen LogP contribution in [0.1, 0.15) is 52.9 Å². The molecule has 2 rings (SSSR count). The minimum Gasteiger partial charge on any atom is -0.381 e. The predicted molar refractivity (Wildman–Crippen MR) is 84.8 cm³/mol. The van der Waals surface area contributed by atoms with Gasteiger partial charge in [-0.2, -0.15) is 0 Å². The second kappa shape index (κ2) is 8.27. The molecule has 2 fully saturated rings. The molecule has 2 atom stereocenters. The van der Waals surface area contributed by atoms with Crippen molar-refractivity contribution in [3.8, 4) is 0 Å². The van der Waals surface area contributed by atoms with Crippen LogP contribution in [0.3, 0.4) is 0 Å². The van der Waals surface area contributed by atoms with E-state index in [0.29, 0.717) is 19.1 Å². The van der Waals surface area contributed by atoms with Crippen molar-refractivity contribution in [2.24, 2.45) is 5.92 Å². The summed E-state index contributed by atoms with van der Waals surface area (Å²) in [5.74, 6) is 0.594. The van der Waals surface area contributed by atoms with E-state index >= 15 is 0 Å². The summed E-state index contributed by atoms with van der Waals surface area (Å²) in [6.07, 6.45) is 4.23. The van der Waals surface area contributed by atoms with Crippen molar-refractivity contribution in [3.05, 3.63) is 0 Å². The first-order valence-corrected chi connectivity index (χ1v) is 8.64. The highest BCUT2D eigenvalue weighted by atomic mass is 16.5. The molecule has 0 bridgehead atoms. The Labute approximate surface area is 134 Å². The van der Waals surface area contributed by atoms with Crippen molar-refractivity contribution in [1.29, 1.82) is 0 Å². The average molecular weight is 313 g/mol. The molecular formula is C17H31NO4. The molecule has 128 valence electrons. The highest BCUT2D eigenvalue weighted by Crippen LogP contribution is 2.34. The van der Waals surface area contributed by atoms with Gasteiger partial charge in [0.1, 0.15) is 6.10 Å². The summed E-state index contributed by atoms with van der Waals surface area (Å²) in [7, 11) is 0. The van der Waals surface area contributed by atoms with Gasteiger partial charge in [-0.3, -0.25) is 4.79 Å². The maximum atomic E-state index is 12.3. The fraction of sp³-hybridized carbons (Fsp3) is 0.941. The lowest BCUT2D eigenvalue weighted by atomic mass is 9.84. The van der Waals surface area contributed by atoms with Gasteiger partial charge < -0.3 is 19.5 Å². The largest absolute Gasteiger partial charge is 0.381 e. The van der Waals surface area contributed by atoms with Crippen LogP contribution in [0.2, 0.25) is 0 Å². The molecule has 0 unspecified atom stereocenters. The van der Waals surface area contributed by atoms with Gasteiger partial charge in [-0.1, -0.05) is 13.8 Å². The van der Waals surface area contributed by atoms with Gasteiger partial charge in [0.15, 0.2) is 0 Å². The van der Waals surface area contributed by atoms with Crippen LogP contribution in [-0.2, 0) is 19.0 Å². The zero-order chi connectivity index (χ0) is 16.0. The van der Waals surface area contributed by atoms with Crippen molar-refractivity contribution < 1.29 is 19.0 Å². The molecule has 0 radical (unpaired) electrons. The molecule has 5 heteroatoms. The van der Waals surface area contributed by atoms with Crippen molar-refractivity contribution in [2.45, 2.75) is 70.6 Å². The second-order valence-electron chi connectivity index (χ2n) is 7.04. The molecule has 0 saturated carbocycles. The third-order valence-corrected chi connectivity index (χ3v) is 4.68. The Kier molecular flexibility index (Phi) is 6.66. The van der Waals surface area contributed by atoms with Gasteiger partial charge in [-0.05, 0) is 44.9 Å². The van der Waals surface area contributed by atoms with Gasteiger partial charge in [-0.15, -0.1) is 0 Å². The van der Waals surface area contributed by atoms with Gasteiger partial charge >= 0.3 is 0 Å². The lowest BCUT2D eigenvalue weighted by Gasteiger charge is -2.43. The predicted octanol–water partition coefficient (Wildman–Crippen LogP) is 2.28. The molecule has 0 aromatic carbocycles. The van der Waals surface area contributed by atoms with E-state index in [1.807, 2.05) is 6.92 Å². The standard InChI is InChI=1S/C17H31NO4/c1-13(2)4-8-21-14(3)16(19)18-15-5-9-22-17(12-15)6-10-20-11-7-17/h13-15H,4-12H2,1-3H3,(H,18,19)/t14-,15-/m1/s1. The van der Waals surface area contributed by atoms with Gasteiger partial charge in [-0.25, -0.2) is 0 Å². The van der Waals surface area contributed by atoms with Crippen LogP contribution in [-0.4, -0.2) is 50.1 Å². The second-order valence-corrected chi connectivity index (χ2v) is 7.04. The Balaban J connectivity index is 1.75. The molecule has 22 heavy (non-hydrogen) atoms. The number of carbonyl (C=O) groups excluding carboxylic acids is 1. The fourth-order valence-corrected chi connectivity index (χ4v) is 3.12. The van der Waals surface area contributed by atoms with E-state index < -0.39 is 0 Å². The van der Waals surface area contributed by atoms with Gasteiger partial charge in [0.2, 0.25) is 5.91 Å². The molecule has 2 aliphatic rings. The molecule has 1 spiro atoms. The summed E-state index contributed by atoms with van der Waals surface area (Å²) in [6.45, 7) is 9.02. The minimum absolute atomic E-state index is 0.00198. The van der Waals surface area contributed by atoms with Crippen molar-refractivity contribution in [3.63, 3.8) is 0 Å². The molecule has 2 heterocycles. The maximum absolute atomic E-state index is 12.3. The van der Waals surface area contributed by atoms with Crippen LogP contribution in [0.15, 0.2) is 0 Å². The van der Waals surface area contributed by atoms with Gasteiger partial charge in [0.05, 0.1) is 5.60 Å². The van der Waals surface area contributed by atoms with Crippen LogP contribution < -0.4 is 5.32 Å². The van der Waals surface area contributed by atoms with E-state index in [2.05, 4.69) is 19.2 Å². The Morgan fingerprint density at radius 2 is 2.00 bits per heavy atom. The summed E-state index contributed by atoms with van der Waals surface area (Å²) in [4.78, 5) is 12.3. The number of hydrogen-bond acceptors (Lipinski definition) is 4. The SMILES string of the molecule is CC(C)CCO[C@H](C)C(=O)N[C@@H]1CCOC2(CCOCC2)C1. The Hall–Kier alpha value is -0.650. The Morgan fingerprint density at radius 3 is 2.68 bits per heavy atom. The lowest BCUT2D eigenvalue weighted by Crippen LogP contribution is -2.52. The van der Waals surface area contributed by atoms with Crippen LogP contribution in [0.5, 0.6) is 0 Å². The lowest BCUT2D eigenvalue weighted by molar-refractivity contribution is -0.147. The Bertz CT molecular complexity index is 347. The third-order valence-electron chi connectivity index (χ3n) is 4.68. The number of nitrogens with one attached hydrogen (secondary N) is 1. The first-order chi connectivity index (χ1) is 10.5. The smallest absolute Gasteiger partial charge is 0.249 e. The molecule has 2 aliphatic heterocycles. The minimum atomic E-state index is -0.382. The van der Waals surface area contributed by atoms with Crippen LogP contribution >= 0.6 is 0 Å².